The summed E-state index contributed by atoms with van der Waals surface area (Å²) in [7, 11) is 1.63. The molecule has 0 saturated carbocycles. The first-order valence-electron chi connectivity index (χ1n) is 15.5. The average molecular weight is 559 g/mol. The van der Waals surface area contributed by atoms with Gasteiger partial charge in [0.15, 0.2) is 6.29 Å². The van der Waals surface area contributed by atoms with E-state index in [4.69, 9.17) is 24.5 Å². The fourth-order valence-electron chi connectivity index (χ4n) is 4.85. The van der Waals surface area contributed by atoms with Crippen LogP contribution in [0, 0.1) is 5.92 Å². The van der Waals surface area contributed by atoms with Gasteiger partial charge in [0.1, 0.15) is 18.3 Å². The molecule has 0 aliphatic carbocycles. The number of rotatable bonds is 26. The molecule has 1 rings (SSSR count). The largest absolute Gasteiger partial charge is 0.390 e. The van der Waals surface area contributed by atoms with E-state index in [0.29, 0.717) is 32.8 Å². The Bertz CT molecular complexity index is 610. The van der Waals surface area contributed by atoms with Crippen LogP contribution in [-0.2, 0) is 18.9 Å². The number of hydrogen-bond acceptors (Lipinski definition) is 8. The van der Waals surface area contributed by atoms with E-state index in [1.54, 1.807) is 14.0 Å². The van der Waals surface area contributed by atoms with Gasteiger partial charge in [-0.05, 0) is 12.0 Å². The van der Waals surface area contributed by atoms with Gasteiger partial charge in [-0.15, -0.1) is 0 Å². The summed E-state index contributed by atoms with van der Waals surface area (Å²) in [5, 5.41) is 27.3. The number of unbranched alkanes of at least 4 members (excludes halogenated alkanes) is 13. The monoisotopic (exact) mass is 558 g/mol. The second-order valence-corrected chi connectivity index (χ2v) is 10.9. The molecule has 0 radical (unpaired) electrons. The molecule has 230 valence electrons. The first-order chi connectivity index (χ1) is 19.0. The SMILES string of the molecule is CCCCCCCCCCCCCCCCOCC(CO[C@@H]1OC(CNCCN=[N+]=[N-])[C@@H](O)[C@H](O)C1C)OC. The predicted octanol–water partition coefficient (Wildman–Crippen LogP) is 5.50. The Hall–Kier alpha value is -0.970. The Morgan fingerprint density at radius 2 is 1.49 bits per heavy atom. The third-order valence-electron chi connectivity index (χ3n) is 7.53. The van der Waals surface area contributed by atoms with Gasteiger partial charge in [-0.1, -0.05) is 102 Å². The maximum Gasteiger partial charge on any atom is 0.163 e. The van der Waals surface area contributed by atoms with Crippen molar-refractivity contribution in [1.29, 1.82) is 0 Å². The van der Waals surface area contributed by atoms with Gasteiger partial charge < -0.3 is 34.5 Å². The van der Waals surface area contributed by atoms with Crippen molar-refractivity contribution in [2.24, 2.45) is 11.0 Å². The molecule has 0 amide bonds. The third kappa shape index (κ3) is 17.4. The van der Waals surface area contributed by atoms with E-state index >= 15 is 0 Å². The Balaban J connectivity index is 2.08. The zero-order valence-electron chi connectivity index (χ0n) is 25.0. The maximum absolute atomic E-state index is 10.4. The number of methoxy groups -OCH3 is 1. The number of ether oxygens (including phenoxy) is 4. The normalized spacial score (nSPS) is 24.0. The van der Waals surface area contributed by atoms with Crippen LogP contribution in [0.5, 0.6) is 0 Å². The molecule has 1 fully saturated rings. The highest BCUT2D eigenvalue weighted by atomic mass is 16.7. The highest BCUT2D eigenvalue weighted by Crippen LogP contribution is 2.27. The lowest BCUT2D eigenvalue weighted by molar-refractivity contribution is -0.281. The molecule has 0 spiro atoms. The number of aliphatic hydroxyl groups excluding tert-OH is 2. The second-order valence-electron chi connectivity index (χ2n) is 10.9. The minimum atomic E-state index is -1.03. The van der Waals surface area contributed by atoms with Gasteiger partial charge >= 0.3 is 0 Å². The van der Waals surface area contributed by atoms with Gasteiger partial charge in [0.05, 0.1) is 19.3 Å². The summed E-state index contributed by atoms with van der Waals surface area (Å²) in [5.74, 6) is -0.395. The summed E-state index contributed by atoms with van der Waals surface area (Å²) in [6, 6.07) is 0. The van der Waals surface area contributed by atoms with E-state index in [1.165, 1.54) is 83.5 Å². The number of aliphatic hydroxyl groups is 2. The first-order valence-corrected chi connectivity index (χ1v) is 15.5. The molecule has 0 aromatic carbocycles. The van der Waals surface area contributed by atoms with Crippen LogP contribution < -0.4 is 5.32 Å². The molecule has 39 heavy (non-hydrogen) atoms. The summed E-state index contributed by atoms with van der Waals surface area (Å²) < 4.78 is 23.2. The fraction of sp³-hybridized carbons (Fsp3) is 1.00. The molecule has 3 N–H and O–H groups in total. The van der Waals surface area contributed by atoms with Crippen LogP contribution in [0.15, 0.2) is 5.11 Å². The van der Waals surface area contributed by atoms with Crippen molar-refractivity contribution < 1.29 is 29.2 Å². The molecule has 10 heteroatoms. The molecule has 0 bridgehead atoms. The quantitative estimate of drug-likeness (QED) is 0.0551. The van der Waals surface area contributed by atoms with Crippen molar-refractivity contribution in [3.05, 3.63) is 10.4 Å². The molecule has 6 atom stereocenters. The maximum atomic E-state index is 10.4. The summed E-state index contributed by atoms with van der Waals surface area (Å²) in [6.07, 6.45) is 15.2. The van der Waals surface area contributed by atoms with E-state index in [2.05, 4.69) is 22.3 Å². The van der Waals surface area contributed by atoms with E-state index in [0.717, 1.165) is 6.42 Å². The number of azide groups is 1. The van der Waals surface area contributed by atoms with Gasteiger partial charge in [0.2, 0.25) is 0 Å². The number of nitrogens with zero attached hydrogens (tertiary/aromatic N) is 3. The van der Waals surface area contributed by atoms with Gasteiger partial charge in [-0.25, -0.2) is 0 Å². The lowest BCUT2D eigenvalue weighted by Crippen LogP contribution is -2.57. The topological polar surface area (TPSA) is 138 Å². The summed E-state index contributed by atoms with van der Waals surface area (Å²) >= 11 is 0. The van der Waals surface area contributed by atoms with Crippen molar-refractivity contribution >= 4 is 0 Å². The van der Waals surface area contributed by atoms with Crippen molar-refractivity contribution in [2.45, 2.75) is 134 Å². The van der Waals surface area contributed by atoms with E-state index in [9.17, 15) is 10.2 Å². The van der Waals surface area contributed by atoms with Crippen LogP contribution in [0.3, 0.4) is 0 Å². The van der Waals surface area contributed by atoms with Crippen LogP contribution in [-0.4, -0.2) is 87.5 Å². The Kier molecular flexibility index (Phi) is 22.9. The molecule has 1 aliphatic heterocycles. The molecule has 1 saturated heterocycles. The van der Waals surface area contributed by atoms with Gasteiger partial charge in [0, 0.05) is 44.2 Å². The molecule has 0 aromatic rings. The first kappa shape index (κ1) is 36.1. The summed E-state index contributed by atoms with van der Waals surface area (Å²) in [6.45, 7) is 6.54. The fourth-order valence-corrected chi connectivity index (χ4v) is 4.85. The van der Waals surface area contributed by atoms with Crippen molar-refractivity contribution in [1.82, 2.24) is 5.32 Å². The Morgan fingerprint density at radius 3 is 2.05 bits per heavy atom. The summed E-state index contributed by atoms with van der Waals surface area (Å²) in [4.78, 5) is 2.70. The third-order valence-corrected chi connectivity index (χ3v) is 7.53. The Morgan fingerprint density at radius 1 is 0.897 bits per heavy atom. The number of hydrogen-bond donors (Lipinski definition) is 3. The highest BCUT2D eigenvalue weighted by molar-refractivity contribution is 4.88. The predicted molar refractivity (Wildman–Crippen MR) is 155 cm³/mol. The molecular formula is C29H58N4O6. The molecule has 10 nitrogen and oxygen atoms in total. The van der Waals surface area contributed by atoms with Gasteiger partial charge in [-0.3, -0.25) is 0 Å². The minimum Gasteiger partial charge on any atom is -0.390 e. The van der Waals surface area contributed by atoms with Crippen LogP contribution >= 0.6 is 0 Å². The van der Waals surface area contributed by atoms with Gasteiger partial charge in [-0.2, -0.15) is 0 Å². The van der Waals surface area contributed by atoms with Gasteiger partial charge in [0.25, 0.3) is 0 Å². The minimum absolute atomic E-state index is 0.239. The van der Waals surface area contributed by atoms with Crippen molar-refractivity contribution in [3.8, 4) is 0 Å². The second kappa shape index (κ2) is 24.8. The standard InChI is InChI=1S/C29H58N4O6/c1-4-5-6-7-8-9-10-11-12-13-14-15-16-17-20-37-22-25(36-3)23-38-29-24(2)27(34)28(35)26(39-29)21-31-18-19-32-33-30/h24-29,31,34-35H,4-23H2,1-3H3/t24?,25?,26?,27-,28-,29-/m1/s1. The number of nitrogens with one attached hydrogen (secondary N) is 1. The van der Waals surface area contributed by atoms with Crippen LogP contribution in [0.1, 0.15) is 104 Å². The lowest BCUT2D eigenvalue weighted by Gasteiger charge is -2.41. The zero-order chi connectivity index (χ0) is 28.6. The average Bonchev–Trinajstić information content (AvgIpc) is 2.94. The van der Waals surface area contributed by atoms with E-state index < -0.39 is 30.5 Å². The molecule has 1 heterocycles. The molecule has 1 aliphatic rings. The van der Waals surface area contributed by atoms with Crippen molar-refractivity contribution in [3.63, 3.8) is 0 Å². The van der Waals surface area contributed by atoms with Crippen LogP contribution in [0.2, 0.25) is 0 Å². The molecule has 3 unspecified atom stereocenters. The highest BCUT2D eigenvalue weighted by Gasteiger charge is 2.42. The van der Waals surface area contributed by atoms with Crippen LogP contribution in [0.4, 0.5) is 0 Å². The lowest BCUT2D eigenvalue weighted by atomic mass is 9.92. The Labute approximate surface area is 237 Å². The molecular weight excluding hydrogens is 500 g/mol. The smallest absolute Gasteiger partial charge is 0.163 e. The summed E-state index contributed by atoms with van der Waals surface area (Å²) in [5.41, 5.74) is 8.35. The van der Waals surface area contributed by atoms with Crippen LogP contribution in [0.25, 0.3) is 10.4 Å². The molecule has 0 aromatic heterocycles. The van der Waals surface area contributed by atoms with E-state index in [1.807, 2.05) is 0 Å². The van der Waals surface area contributed by atoms with Crippen molar-refractivity contribution in [2.75, 3.05) is 46.6 Å². The van der Waals surface area contributed by atoms with E-state index in [-0.39, 0.29) is 12.7 Å². The zero-order valence-corrected chi connectivity index (χ0v) is 25.0.